The Labute approximate surface area is 94.2 Å². The minimum atomic E-state index is -0.474. The zero-order chi connectivity index (χ0) is 11.8. The van der Waals surface area contributed by atoms with Crippen molar-refractivity contribution in [2.75, 3.05) is 6.61 Å². The molecule has 0 bridgehead atoms. The molecule has 0 heterocycles. The predicted molar refractivity (Wildman–Crippen MR) is 60.9 cm³/mol. The van der Waals surface area contributed by atoms with Crippen LogP contribution < -0.4 is 0 Å². The first kappa shape index (κ1) is 11.9. The van der Waals surface area contributed by atoms with Crippen LogP contribution in [0.3, 0.4) is 0 Å². The summed E-state index contributed by atoms with van der Waals surface area (Å²) in [7, 11) is 0. The molecular weight excluding hydrogens is 204 g/mol. The highest BCUT2D eigenvalue weighted by Crippen LogP contribution is 2.19. The van der Waals surface area contributed by atoms with Crippen LogP contribution in [0.25, 0.3) is 4.98 Å². The molecule has 0 radical (unpaired) electrons. The average molecular weight is 217 g/mol. The van der Waals surface area contributed by atoms with Gasteiger partial charge >= 0.3 is 11.7 Å². The second-order valence-corrected chi connectivity index (χ2v) is 3.11. The summed E-state index contributed by atoms with van der Waals surface area (Å²) < 4.78 is 5.01. The van der Waals surface area contributed by atoms with Crippen molar-refractivity contribution in [3.05, 3.63) is 47.0 Å². The van der Waals surface area contributed by atoms with E-state index in [-0.39, 0.29) is 11.3 Å². The van der Waals surface area contributed by atoms with Gasteiger partial charge in [-0.25, -0.2) is 4.79 Å². The highest BCUT2D eigenvalue weighted by molar-refractivity contribution is 5.95. The van der Waals surface area contributed by atoms with Crippen LogP contribution >= 0.6 is 0 Å². The molecule has 82 valence electrons. The van der Waals surface area contributed by atoms with Crippen LogP contribution in [0, 0.1) is 5.39 Å². The first-order valence-electron chi connectivity index (χ1n) is 5.02. The molecule has 0 aliphatic heterocycles. The third-order valence-electron chi connectivity index (χ3n) is 1.99. The van der Waals surface area contributed by atoms with E-state index in [1.807, 2.05) is 19.1 Å². The minimum absolute atomic E-state index is 0.221. The van der Waals surface area contributed by atoms with Crippen LogP contribution in [0.5, 0.6) is 0 Å². The predicted octanol–water partition coefficient (Wildman–Crippen LogP) is 3.29. The van der Waals surface area contributed by atoms with E-state index in [1.165, 1.54) is 0 Å². The van der Waals surface area contributed by atoms with E-state index in [0.29, 0.717) is 13.0 Å². The van der Waals surface area contributed by atoms with Gasteiger partial charge in [-0.05, 0) is 19.4 Å². The summed E-state index contributed by atoms with van der Waals surface area (Å²) in [5, 5.41) is 8.68. The lowest BCUT2D eigenvalue weighted by Crippen LogP contribution is -2.05. The highest BCUT2D eigenvalue weighted by atomic mass is 16.5. The summed E-state index contributed by atoms with van der Waals surface area (Å²) in [6.45, 7) is 2.23. The molecule has 0 N–H and O–H groups in total. The van der Waals surface area contributed by atoms with E-state index in [0.717, 1.165) is 0 Å². The number of carbonyl (C=O) groups is 1. The zero-order valence-corrected chi connectivity index (χ0v) is 9.09. The van der Waals surface area contributed by atoms with Gasteiger partial charge in [0.2, 0.25) is 5.39 Å². The Morgan fingerprint density at radius 2 is 2.25 bits per heavy atom. The second kappa shape index (κ2) is 6.36. The van der Waals surface area contributed by atoms with Crippen LogP contribution in [-0.4, -0.2) is 12.6 Å². The van der Waals surface area contributed by atoms with E-state index < -0.39 is 5.97 Å². The minimum Gasteiger partial charge on any atom is -0.462 e. The molecule has 4 nitrogen and oxygen atoms in total. The van der Waals surface area contributed by atoms with Crippen molar-refractivity contribution in [1.82, 2.24) is 0 Å². The summed E-state index contributed by atoms with van der Waals surface area (Å²) >= 11 is 0. The van der Waals surface area contributed by atoms with Crippen molar-refractivity contribution < 1.29 is 9.53 Å². The Bertz CT molecular complexity index is 433. The second-order valence-electron chi connectivity index (χ2n) is 3.11. The molecule has 4 heteroatoms. The normalized spacial score (nSPS) is 10.0. The van der Waals surface area contributed by atoms with Crippen LogP contribution in [0.15, 0.2) is 36.4 Å². The fourth-order valence-electron chi connectivity index (χ4n) is 1.20. The van der Waals surface area contributed by atoms with E-state index >= 15 is 0 Å². The first-order chi connectivity index (χ1) is 7.79. The molecule has 16 heavy (non-hydrogen) atoms. The molecule has 0 amide bonds. The first-order valence-corrected chi connectivity index (χ1v) is 5.02. The number of allylic oxidation sites excluding steroid dienone is 1. The zero-order valence-electron chi connectivity index (χ0n) is 9.09. The molecular formula is C12H13N2O2+. The van der Waals surface area contributed by atoms with Gasteiger partial charge < -0.3 is 4.74 Å². The number of rotatable bonds is 4. The summed E-state index contributed by atoms with van der Waals surface area (Å²) in [5.41, 5.74) is 0.490. The number of hydrogen-bond acceptors (Lipinski definition) is 3. The number of hydrogen-bond donors (Lipinski definition) is 0. The molecule has 0 fully saturated rings. The largest absolute Gasteiger partial charge is 0.462 e. The van der Waals surface area contributed by atoms with Gasteiger partial charge in [-0.15, -0.1) is 0 Å². The van der Waals surface area contributed by atoms with Gasteiger partial charge in [-0.3, -0.25) is 0 Å². The van der Waals surface area contributed by atoms with Crippen molar-refractivity contribution in [2.24, 2.45) is 0 Å². The lowest BCUT2D eigenvalue weighted by Gasteiger charge is -2.00. The summed E-state index contributed by atoms with van der Waals surface area (Å²) in [6.07, 6.45) is 4.49. The number of ether oxygens (including phenoxy) is 1. The lowest BCUT2D eigenvalue weighted by molar-refractivity contribution is 0.0513. The maximum atomic E-state index is 11.6. The number of benzene rings is 1. The molecule has 1 aromatic rings. The van der Waals surface area contributed by atoms with Crippen LogP contribution in [0.2, 0.25) is 0 Å². The van der Waals surface area contributed by atoms with Gasteiger partial charge in [0, 0.05) is 6.07 Å². The van der Waals surface area contributed by atoms with Gasteiger partial charge in [0.15, 0.2) is 10.5 Å². The Hall–Kier alpha value is -2.15. The van der Waals surface area contributed by atoms with Gasteiger partial charge in [0.05, 0.1) is 6.61 Å². The molecule has 0 unspecified atom stereocenters. The van der Waals surface area contributed by atoms with Gasteiger partial charge in [-0.1, -0.05) is 24.3 Å². The SMILES string of the molecule is C/C=C\CCOC(=O)c1ccccc1[N+]#N. The van der Waals surface area contributed by atoms with E-state index in [2.05, 4.69) is 4.98 Å². The molecule has 0 atom stereocenters. The van der Waals surface area contributed by atoms with Crippen molar-refractivity contribution in [3.8, 4) is 0 Å². The van der Waals surface area contributed by atoms with Crippen molar-refractivity contribution in [2.45, 2.75) is 13.3 Å². The van der Waals surface area contributed by atoms with Crippen molar-refractivity contribution in [1.29, 1.82) is 5.39 Å². The molecule has 0 spiro atoms. The van der Waals surface area contributed by atoms with Crippen LogP contribution in [-0.2, 0) is 4.74 Å². The molecule has 0 aliphatic rings. The number of esters is 1. The van der Waals surface area contributed by atoms with Crippen molar-refractivity contribution >= 4 is 11.7 Å². The standard InChI is InChI=1S/C12H13N2O2/c1-2-3-6-9-16-12(15)10-7-4-5-8-11(10)14-13/h2-5,7-8H,6,9H2,1H3/q+1/b3-2-. The lowest BCUT2D eigenvalue weighted by atomic mass is 10.2. The fourth-order valence-corrected chi connectivity index (χ4v) is 1.20. The molecule has 1 aromatic carbocycles. The smallest absolute Gasteiger partial charge is 0.399 e. The highest BCUT2D eigenvalue weighted by Gasteiger charge is 2.20. The van der Waals surface area contributed by atoms with E-state index in [4.69, 9.17) is 10.1 Å². The monoisotopic (exact) mass is 217 g/mol. The number of diazo groups is 1. The number of carbonyl (C=O) groups excluding carboxylic acids is 1. The van der Waals surface area contributed by atoms with Gasteiger partial charge in [-0.2, -0.15) is 0 Å². The topological polar surface area (TPSA) is 54.5 Å². The van der Waals surface area contributed by atoms with Crippen molar-refractivity contribution in [3.63, 3.8) is 0 Å². The summed E-state index contributed by atoms with van der Waals surface area (Å²) in [6, 6.07) is 6.48. The molecule has 0 saturated carbocycles. The van der Waals surface area contributed by atoms with E-state index in [1.54, 1.807) is 24.3 Å². The Morgan fingerprint density at radius 1 is 1.50 bits per heavy atom. The third kappa shape index (κ3) is 3.21. The molecule has 0 aromatic heterocycles. The average Bonchev–Trinajstić information content (AvgIpc) is 2.34. The summed E-state index contributed by atoms with van der Waals surface area (Å²) in [4.78, 5) is 14.6. The maximum absolute atomic E-state index is 11.6. The maximum Gasteiger partial charge on any atom is 0.399 e. The Kier molecular flexibility index (Phi) is 4.74. The molecule has 1 rings (SSSR count). The third-order valence-corrected chi connectivity index (χ3v) is 1.99. The quantitative estimate of drug-likeness (QED) is 0.336. The summed E-state index contributed by atoms with van der Waals surface area (Å²) in [5.74, 6) is -0.474. The van der Waals surface area contributed by atoms with Crippen LogP contribution in [0.4, 0.5) is 5.69 Å². The van der Waals surface area contributed by atoms with Gasteiger partial charge in [0.25, 0.3) is 0 Å². The van der Waals surface area contributed by atoms with E-state index in [9.17, 15) is 4.79 Å². The van der Waals surface area contributed by atoms with Gasteiger partial charge in [0.1, 0.15) is 0 Å². The Balaban J connectivity index is 2.63. The molecule has 0 saturated heterocycles. The fraction of sp³-hybridized carbons (Fsp3) is 0.250. The Morgan fingerprint density at radius 3 is 2.94 bits per heavy atom. The van der Waals surface area contributed by atoms with Crippen LogP contribution in [0.1, 0.15) is 23.7 Å². The number of nitrogens with zero attached hydrogens (tertiary/aromatic N) is 2. The molecule has 0 aliphatic carbocycles.